The van der Waals surface area contributed by atoms with Gasteiger partial charge in [-0.25, -0.2) is 0 Å². The maximum absolute atomic E-state index is 11.5. The van der Waals surface area contributed by atoms with Gasteiger partial charge in [0.2, 0.25) is 0 Å². The van der Waals surface area contributed by atoms with Crippen LogP contribution in [0, 0.1) is 0 Å². The van der Waals surface area contributed by atoms with E-state index in [1.54, 1.807) is 13.8 Å². The number of ether oxygens (including phenoxy) is 1. The average molecular weight is 263 g/mol. The number of carboxylic acid groups (broad SMARTS) is 1. The summed E-state index contributed by atoms with van der Waals surface area (Å²) in [6.07, 6.45) is 0.821. The highest BCUT2D eigenvalue weighted by molar-refractivity contribution is 5.77. The maximum atomic E-state index is 11.5. The van der Waals surface area contributed by atoms with Crippen molar-refractivity contribution in [2.24, 2.45) is 0 Å². The van der Waals surface area contributed by atoms with Crippen molar-refractivity contribution in [2.45, 2.75) is 38.8 Å². The Morgan fingerprint density at radius 2 is 2.16 bits per heavy atom. The van der Waals surface area contributed by atoms with Crippen LogP contribution in [0.5, 0.6) is 5.75 Å². The number of carboxylic acids is 1. The summed E-state index contributed by atoms with van der Waals surface area (Å²) in [5, 5.41) is 9.45. The third kappa shape index (κ3) is 2.45. The van der Waals surface area contributed by atoms with Gasteiger partial charge in [0.1, 0.15) is 11.3 Å². The number of rotatable bonds is 4. The molecule has 0 saturated carbocycles. The van der Waals surface area contributed by atoms with E-state index in [-0.39, 0.29) is 6.04 Å². The second-order valence-electron chi connectivity index (χ2n) is 5.34. The van der Waals surface area contributed by atoms with Gasteiger partial charge in [0.15, 0.2) is 0 Å². The second kappa shape index (κ2) is 5.21. The zero-order chi connectivity index (χ0) is 14.0. The van der Waals surface area contributed by atoms with Gasteiger partial charge in [0, 0.05) is 18.0 Å². The molecule has 4 heteroatoms. The molecule has 1 aromatic rings. The lowest BCUT2D eigenvalue weighted by Crippen LogP contribution is -2.52. The molecular weight excluding hydrogens is 242 g/mol. The van der Waals surface area contributed by atoms with E-state index in [9.17, 15) is 9.90 Å². The summed E-state index contributed by atoms with van der Waals surface area (Å²) >= 11 is 0. The van der Waals surface area contributed by atoms with Crippen LogP contribution in [0.25, 0.3) is 0 Å². The minimum absolute atomic E-state index is 0.0982. The summed E-state index contributed by atoms with van der Waals surface area (Å²) in [7, 11) is 0. The normalized spacial score (nSPS) is 18.8. The van der Waals surface area contributed by atoms with E-state index in [1.807, 2.05) is 36.1 Å². The molecule has 104 valence electrons. The molecule has 1 unspecified atom stereocenters. The zero-order valence-electron chi connectivity index (χ0n) is 11.7. The molecule has 4 nitrogen and oxygen atoms in total. The number of hydrogen-bond donors (Lipinski definition) is 1. The molecule has 19 heavy (non-hydrogen) atoms. The first-order chi connectivity index (χ1) is 8.98. The largest absolute Gasteiger partial charge is 0.493 e. The van der Waals surface area contributed by atoms with Crippen molar-refractivity contribution in [3.8, 4) is 5.75 Å². The van der Waals surface area contributed by atoms with Crippen LogP contribution in [0.3, 0.4) is 0 Å². The van der Waals surface area contributed by atoms with Crippen LogP contribution in [-0.2, 0) is 4.79 Å². The molecule has 0 aliphatic carbocycles. The zero-order valence-corrected chi connectivity index (χ0v) is 11.7. The molecule has 0 amide bonds. The molecule has 0 aromatic heterocycles. The van der Waals surface area contributed by atoms with Crippen LogP contribution in [0.4, 0.5) is 0 Å². The summed E-state index contributed by atoms with van der Waals surface area (Å²) in [5.74, 6) is 0.0803. The van der Waals surface area contributed by atoms with Crippen molar-refractivity contribution in [1.82, 2.24) is 4.90 Å². The average Bonchev–Trinajstić information content (AvgIpc) is 2.39. The van der Waals surface area contributed by atoms with Crippen LogP contribution in [0.2, 0.25) is 0 Å². The Morgan fingerprint density at radius 3 is 2.79 bits per heavy atom. The van der Waals surface area contributed by atoms with Crippen LogP contribution in [-0.4, -0.2) is 34.7 Å². The van der Waals surface area contributed by atoms with Gasteiger partial charge in [-0.15, -0.1) is 0 Å². The maximum Gasteiger partial charge on any atom is 0.323 e. The lowest BCUT2D eigenvalue weighted by atomic mass is 9.93. The summed E-state index contributed by atoms with van der Waals surface area (Å²) in [6, 6.07) is 7.99. The summed E-state index contributed by atoms with van der Waals surface area (Å²) < 4.78 is 5.65. The highest BCUT2D eigenvalue weighted by Crippen LogP contribution is 2.38. The molecule has 1 atom stereocenters. The number of likely N-dealkylation sites (N-methyl/N-ethyl adjacent to an activating group) is 1. The molecule has 0 bridgehead atoms. The molecule has 2 rings (SSSR count). The second-order valence-corrected chi connectivity index (χ2v) is 5.34. The van der Waals surface area contributed by atoms with Crippen molar-refractivity contribution in [1.29, 1.82) is 0 Å². The lowest BCUT2D eigenvalue weighted by molar-refractivity contribution is -0.151. The van der Waals surface area contributed by atoms with Gasteiger partial charge in [-0.1, -0.05) is 25.1 Å². The highest BCUT2D eigenvalue weighted by Gasteiger charge is 2.40. The Hall–Kier alpha value is -1.55. The topological polar surface area (TPSA) is 49.8 Å². The van der Waals surface area contributed by atoms with Gasteiger partial charge in [0.25, 0.3) is 0 Å². The van der Waals surface area contributed by atoms with Crippen LogP contribution in [0.15, 0.2) is 24.3 Å². The van der Waals surface area contributed by atoms with Gasteiger partial charge in [-0.3, -0.25) is 9.69 Å². The van der Waals surface area contributed by atoms with E-state index < -0.39 is 11.5 Å². The first-order valence-corrected chi connectivity index (χ1v) is 6.70. The molecule has 1 N–H and O–H groups in total. The first kappa shape index (κ1) is 13.9. The summed E-state index contributed by atoms with van der Waals surface area (Å²) in [6.45, 7) is 6.85. The van der Waals surface area contributed by atoms with Crippen LogP contribution < -0.4 is 4.74 Å². The molecule has 1 aliphatic rings. The van der Waals surface area contributed by atoms with Crippen LogP contribution >= 0.6 is 0 Å². The fourth-order valence-electron chi connectivity index (χ4n) is 2.78. The fourth-order valence-corrected chi connectivity index (χ4v) is 2.78. The summed E-state index contributed by atoms with van der Waals surface area (Å²) in [5.41, 5.74) is 0.203. The number of nitrogens with zero attached hydrogens (tertiary/aromatic N) is 1. The highest BCUT2D eigenvalue weighted by atomic mass is 16.5. The van der Waals surface area contributed by atoms with E-state index in [0.29, 0.717) is 13.2 Å². The lowest BCUT2D eigenvalue weighted by Gasteiger charge is -2.42. The molecule has 1 aliphatic heterocycles. The number of carbonyl (C=O) groups is 1. The van der Waals surface area contributed by atoms with E-state index in [0.717, 1.165) is 17.7 Å². The van der Waals surface area contributed by atoms with Crippen molar-refractivity contribution in [3.63, 3.8) is 0 Å². The van der Waals surface area contributed by atoms with Gasteiger partial charge in [0.05, 0.1) is 6.61 Å². The Morgan fingerprint density at radius 1 is 1.47 bits per heavy atom. The monoisotopic (exact) mass is 263 g/mol. The van der Waals surface area contributed by atoms with Gasteiger partial charge in [-0.2, -0.15) is 0 Å². The van der Waals surface area contributed by atoms with E-state index in [4.69, 9.17) is 4.74 Å². The van der Waals surface area contributed by atoms with Crippen molar-refractivity contribution in [2.75, 3.05) is 13.2 Å². The predicted octanol–water partition coefficient (Wildman–Crippen LogP) is 2.70. The SMILES string of the molecule is CCN(C1CCOc2ccccc21)C(C)(C)C(=O)O. The first-order valence-electron chi connectivity index (χ1n) is 6.70. The Bertz CT molecular complexity index is 470. The summed E-state index contributed by atoms with van der Waals surface area (Å²) in [4.78, 5) is 13.5. The van der Waals surface area contributed by atoms with Gasteiger partial charge in [-0.05, 0) is 26.5 Å². The quantitative estimate of drug-likeness (QED) is 0.907. The van der Waals surface area contributed by atoms with Gasteiger partial charge < -0.3 is 9.84 Å². The fraction of sp³-hybridized carbons (Fsp3) is 0.533. The van der Waals surface area contributed by atoms with Crippen LogP contribution in [0.1, 0.15) is 38.8 Å². The molecule has 1 aromatic carbocycles. The van der Waals surface area contributed by atoms with E-state index in [2.05, 4.69) is 0 Å². The van der Waals surface area contributed by atoms with Gasteiger partial charge >= 0.3 is 5.97 Å². The third-order valence-corrected chi connectivity index (χ3v) is 3.89. The Kier molecular flexibility index (Phi) is 3.80. The molecule has 0 spiro atoms. The number of hydrogen-bond acceptors (Lipinski definition) is 3. The van der Waals surface area contributed by atoms with Crippen molar-refractivity contribution in [3.05, 3.63) is 29.8 Å². The molecule has 0 fully saturated rings. The van der Waals surface area contributed by atoms with E-state index >= 15 is 0 Å². The molecule has 0 saturated heterocycles. The Labute approximate surface area is 114 Å². The minimum Gasteiger partial charge on any atom is -0.493 e. The van der Waals surface area contributed by atoms with E-state index in [1.165, 1.54) is 0 Å². The molecule has 1 heterocycles. The minimum atomic E-state index is -0.885. The standard InChI is InChI=1S/C15H21NO3/c1-4-16(15(2,3)14(17)18)12-9-10-19-13-8-6-5-7-11(12)13/h5-8,12H,4,9-10H2,1-3H3,(H,17,18). The number of para-hydroxylation sites is 1. The number of fused-ring (bicyclic) bond motifs is 1. The predicted molar refractivity (Wildman–Crippen MR) is 73.4 cm³/mol. The molecule has 0 radical (unpaired) electrons. The third-order valence-electron chi connectivity index (χ3n) is 3.89. The van der Waals surface area contributed by atoms with Crippen molar-refractivity contribution >= 4 is 5.97 Å². The Balaban J connectivity index is 2.38. The molecular formula is C15H21NO3. The number of benzene rings is 1. The smallest absolute Gasteiger partial charge is 0.323 e. The number of aliphatic carboxylic acids is 1. The van der Waals surface area contributed by atoms with Crippen molar-refractivity contribution < 1.29 is 14.6 Å².